The van der Waals surface area contributed by atoms with Gasteiger partial charge in [-0.15, -0.1) is 17.0 Å². The van der Waals surface area contributed by atoms with E-state index in [0.717, 1.165) is 12.0 Å². The predicted molar refractivity (Wildman–Crippen MR) is 291 cm³/mol. The lowest BCUT2D eigenvalue weighted by atomic mass is 9.45. The third-order valence-corrected chi connectivity index (χ3v) is 17.3. The van der Waals surface area contributed by atoms with Crippen molar-refractivity contribution in [2.75, 3.05) is 19.7 Å². The Hall–Kier alpha value is -1.35. The van der Waals surface area contributed by atoms with Gasteiger partial charge in [0.2, 0.25) is 5.78 Å². The summed E-state index contributed by atoms with van der Waals surface area (Å²) in [6.07, 6.45) is 53.4. The van der Waals surface area contributed by atoms with Crippen LogP contribution in [0.1, 0.15) is 273 Å². The van der Waals surface area contributed by atoms with Crippen LogP contribution in [-0.4, -0.2) is 59.2 Å². The first-order valence-electron chi connectivity index (χ1n) is 29.1. The minimum Gasteiger partial charge on any atom is -0.458 e. The Morgan fingerprint density at radius 2 is 1.07 bits per heavy atom. The molecule has 8 atom stereocenters. The van der Waals surface area contributed by atoms with Crippen molar-refractivity contribution in [2.24, 2.45) is 34.5 Å². The highest BCUT2D eigenvalue weighted by atomic mass is 79.9. The summed E-state index contributed by atoms with van der Waals surface area (Å²) < 4.78 is 4.89. The zero-order chi connectivity index (χ0) is 48.8. The molecule has 0 saturated heterocycles. The molecule has 3 N–H and O–H groups in total. The molecule has 4 rings (SSSR count). The number of ether oxygens (including phenoxy) is 1. The fourth-order valence-electron chi connectivity index (χ4n) is 13.2. The maximum atomic E-state index is 12.9. The number of fused-ring (bicyclic) bond motifs is 5. The van der Waals surface area contributed by atoms with Crippen molar-refractivity contribution in [2.45, 2.75) is 284 Å². The lowest BCUT2D eigenvalue weighted by molar-refractivity contribution is -0.182. The Morgan fingerprint density at radius 1 is 0.676 bits per heavy atom. The van der Waals surface area contributed by atoms with Crippen molar-refractivity contribution < 1.29 is 29.3 Å². The standard InChI is InChI=1S/C36H75N.C24H32O6.BrH/c1-3-5-7-9-11-13-15-17-19-21-23-25-27-29-31-33-35-37-36-34-32-30-28-26-24-22-20-18-16-14-12-10-8-6-4-2;1-13-9-16-17-6-8-24(29,20(28)12-30-14(2)25)23(17,4)11-19(27)21(16)22(3)7-5-15(26)10-18(13)22;/h37H,3-36H2,1-2H3;5,7,10,13,16-17,19,21,27,29H,6,8-9,11-12H2,1-4H3;1H/t;13-,16-,17-,19-,21+,22-,23-,24-;/m.0./s1. The summed E-state index contributed by atoms with van der Waals surface area (Å²) in [6.45, 7) is 14.0. The third-order valence-electron chi connectivity index (χ3n) is 17.3. The number of esters is 1. The number of Topliss-reactive ketones (excluding diaryl/α,β-unsaturated/α-hetero) is 1. The average molecular weight is 1020 g/mol. The van der Waals surface area contributed by atoms with E-state index in [9.17, 15) is 24.6 Å². The number of halogens is 1. The number of aliphatic hydroxyl groups excluding tert-OH is 1. The molecule has 0 aromatic heterocycles. The van der Waals surface area contributed by atoms with E-state index in [1.807, 2.05) is 13.0 Å². The van der Waals surface area contributed by atoms with Crippen LogP contribution >= 0.6 is 17.0 Å². The molecular formula is C60H108BrNO6. The van der Waals surface area contributed by atoms with Crippen LogP contribution < -0.4 is 5.32 Å². The summed E-state index contributed by atoms with van der Waals surface area (Å²) in [5.41, 5.74) is -1.72. The maximum Gasteiger partial charge on any atom is 0.303 e. The smallest absolute Gasteiger partial charge is 0.303 e. The number of unbranched alkanes of at least 4 members (excludes halogenated alkanes) is 30. The molecule has 0 spiro atoms. The first-order chi connectivity index (χ1) is 32.4. The molecule has 8 heteroatoms. The number of hydrogen-bond donors (Lipinski definition) is 3. The van der Waals surface area contributed by atoms with E-state index in [0.29, 0.717) is 19.3 Å². The fourth-order valence-corrected chi connectivity index (χ4v) is 13.2. The Labute approximate surface area is 429 Å². The molecule has 0 aromatic carbocycles. The molecule has 7 nitrogen and oxygen atoms in total. The molecule has 0 bridgehead atoms. The quantitative estimate of drug-likeness (QED) is 0.0420. The van der Waals surface area contributed by atoms with Gasteiger partial charge in [-0.05, 0) is 81.5 Å². The van der Waals surface area contributed by atoms with Crippen LogP contribution in [0.25, 0.3) is 0 Å². The summed E-state index contributed by atoms with van der Waals surface area (Å²) in [7, 11) is 0. The second kappa shape index (κ2) is 35.7. The first-order valence-corrected chi connectivity index (χ1v) is 29.1. The maximum absolute atomic E-state index is 12.9. The topological polar surface area (TPSA) is 113 Å². The first kappa shape index (κ1) is 62.8. The number of nitrogens with one attached hydrogen (secondary N) is 1. The summed E-state index contributed by atoms with van der Waals surface area (Å²) in [4.78, 5) is 36.1. The van der Waals surface area contributed by atoms with Gasteiger partial charge in [0.15, 0.2) is 12.4 Å². The van der Waals surface area contributed by atoms with E-state index in [4.69, 9.17) is 4.74 Å². The SMILES string of the molecule is Br.CC(=O)OCC(=O)[C@@]1(O)CC[C@H]2[C@@H]3C[C@H](C)C4=CC(=O)C=C[C@]4(C)[C@H]3[C@@H](O)C[C@@]21C.CCCCCCCCCCCCCCCCCCNCCCCCCCCCCCCCCCCCC. The van der Waals surface area contributed by atoms with Crippen molar-refractivity contribution in [3.8, 4) is 0 Å². The number of aliphatic hydroxyl groups is 2. The largest absolute Gasteiger partial charge is 0.458 e. The Morgan fingerprint density at radius 3 is 1.47 bits per heavy atom. The van der Waals surface area contributed by atoms with Crippen LogP contribution in [-0.2, 0) is 19.1 Å². The molecule has 0 aliphatic heterocycles. The van der Waals surface area contributed by atoms with E-state index < -0.39 is 40.9 Å². The number of carbonyl (C=O) groups is 3. The van der Waals surface area contributed by atoms with Gasteiger partial charge in [0.05, 0.1) is 6.10 Å². The zero-order valence-corrected chi connectivity index (χ0v) is 46.8. The lowest BCUT2D eigenvalue weighted by Gasteiger charge is -2.60. The van der Waals surface area contributed by atoms with E-state index in [1.165, 1.54) is 225 Å². The van der Waals surface area contributed by atoms with Crippen LogP contribution in [0, 0.1) is 34.5 Å². The van der Waals surface area contributed by atoms with Gasteiger partial charge in [0.25, 0.3) is 0 Å². The normalized spacial score (nSPS) is 27.0. The van der Waals surface area contributed by atoms with Crippen LogP contribution in [0.4, 0.5) is 0 Å². The van der Waals surface area contributed by atoms with Crippen molar-refractivity contribution in [1.82, 2.24) is 5.32 Å². The number of rotatable bonds is 37. The second-order valence-corrected chi connectivity index (χ2v) is 22.7. The Kier molecular flexibility index (Phi) is 33.0. The minimum absolute atomic E-state index is 0. The molecule has 0 aromatic rings. The number of hydrogen-bond acceptors (Lipinski definition) is 7. The van der Waals surface area contributed by atoms with Gasteiger partial charge >= 0.3 is 5.97 Å². The molecule has 396 valence electrons. The van der Waals surface area contributed by atoms with Gasteiger partial charge < -0.3 is 20.3 Å². The molecule has 4 aliphatic carbocycles. The van der Waals surface area contributed by atoms with Crippen molar-refractivity contribution in [3.05, 3.63) is 23.8 Å². The molecule has 3 fully saturated rings. The summed E-state index contributed by atoms with van der Waals surface area (Å²) in [5.74, 6) is -0.712. The van der Waals surface area contributed by atoms with Crippen LogP contribution in [0.15, 0.2) is 23.8 Å². The molecule has 4 aliphatic rings. The number of carbonyl (C=O) groups excluding carboxylic acids is 3. The van der Waals surface area contributed by atoms with Crippen molar-refractivity contribution >= 4 is 34.5 Å². The van der Waals surface area contributed by atoms with Gasteiger partial charge in [-0.25, -0.2) is 0 Å². The summed E-state index contributed by atoms with van der Waals surface area (Å²) >= 11 is 0. The Bertz CT molecular complexity index is 1400. The molecule has 68 heavy (non-hydrogen) atoms. The number of allylic oxidation sites excluding steroid dienone is 4. The third kappa shape index (κ3) is 21.0. The molecule has 3 saturated carbocycles. The van der Waals surface area contributed by atoms with Crippen LogP contribution in [0.2, 0.25) is 0 Å². The Balaban J connectivity index is 0.000000467. The molecule has 0 heterocycles. The summed E-state index contributed by atoms with van der Waals surface area (Å²) in [6, 6.07) is 0. The van der Waals surface area contributed by atoms with Crippen LogP contribution in [0.5, 0.6) is 0 Å². The van der Waals surface area contributed by atoms with Crippen molar-refractivity contribution in [1.29, 1.82) is 0 Å². The average Bonchev–Trinajstić information content (AvgIpc) is 3.57. The highest BCUT2D eigenvalue weighted by Crippen LogP contribution is 2.67. The monoisotopic (exact) mass is 1020 g/mol. The minimum atomic E-state index is -1.61. The van der Waals surface area contributed by atoms with Gasteiger partial charge in [0.1, 0.15) is 5.60 Å². The highest BCUT2D eigenvalue weighted by molar-refractivity contribution is 8.93. The van der Waals surface area contributed by atoms with Gasteiger partial charge in [-0.2, -0.15) is 0 Å². The fraction of sp³-hybridized carbons (Fsp3) is 0.883. The zero-order valence-electron chi connectivity index (χ0n) is 45.1. The number of ketones is 2. The van der Waals surface area contributed by atoms with Gasteiger partial charge in [-0.1, -0.05) is 239 Å². The van der Waals surface area contributed by atoms with Crippen molar-refractivity contribution in [3.63, 3.8) is 0 Å². The predicted octanol–water partition coefficient (Wildman–Crippen LogP) is 16.1. The second-order valence-electron chi connectivity index (χ2n) is 22.7. The molecule has 0 unspecified atom stereocenters. The van der Waals surface area contributed by atoms with E-state index in [-0.39, 0.29) is 46.4 Å². The van der Waals surface area contributed by atoms with E-state index in [2.05, 4.69) is 33.0 Å². The van der Waals surface area contributed by atoms with E-state index in [1.54, 1.807) is 12.2 Å². The summed E-state index contributed by atoms with van der Waals surface area (Å²) in [5, 5.41) is 26.5. The molecule has 0 radical (unpaired) electrons. The molecule has 0 amide bonds. The lowest BCUT2D eigenvalue weighted by Crippen LogP contribution is -2.62. The van der Waals surface area contributed by atoms with E-state index >= 15 is 0 Å². The molecular weight excluding hydrogens is 911 g/mol. The van der Waals surface area contributed by atoms with Crippen LogP contribution in [0.3, 0.4) is 0 Å². The highest BCUT2D eigenvalue weighted by Gasteiger charge is 2.68. The van der Waals surface area contributed by atoms with Gasteiger partial charge in [0, 0.05) is 23.7 Å². The van der Waals surface area contributed by atoms with Gasteiger partial charge in [-0.3, -0.25) is 14.4 Å².